The van der Waals surface area contributed by atoms with Crippen molar-refractivity contribution in [2.75, 3.05) is 0 Å². The van der Waals surface area contributed by atoms with E-state index in [1.54, 1.807) is 0 Å². The molecule has 1 nitrogen and oxygen atoms in total. The number of carbonyl (C=O) groups excluding carboxylic acids is 1. The molecule has 1 aliphatic carbocycles. The second-order valence-corrected chi connectivity index (χ2v) is 4.32. The molecule has 58 valence electrons. The van der Waals surface area contributed by atoms with Crippen LogP contribution in [0.15, 0.2) is 0 Å². The molecule has 0 aromatic rings. The van der Waals surface area contributed by atoms with Crippen molar-refractivity contribution in [2.24, 2.45) is 11.8 Å². The van der Waals surface area contributed by atoms with E-state index in [0.29, 0.717) is 11.7 Å². The Morgan fingerprint density at radius 3 is 2.50 bits per heavy atom. The van der Waals surface area contributed by atoms with E-state index >= 15 is 0 Å². The molecule has 0 radical (unpaired) electrons. The molecule has 2 unspecified atom stereocenters. The summed E-state index contributed by atoms with van der Waals surface area (Å²) in [5.74, 6) is 1.23. The average Bonchev–Trinajstić information content (AvgIpc) is 1.93. The fourth-order valence-electron chi connectivity index (χ4n) is 1.37. The van der Waals surface area contributed by atoms with Crippen LogP contribution in [0, 0.1) is 11.8 Å². The summed E-state index contributed by atoms with van der Waals surface area (Å²) in [6, 6.07) is 0. The fourth-order valence-corrected chi connectivity index (χ4v) is 2.05. The zero-order valence-electron chi connectivity index (χ0n) is 6.43. The predicted molar refractivity (Wildman–Crippen MR) is 45.3 cm³/mol. The number of Topliss-reactive ketones (excluding diaryl/α,β-unsaturated/α-hetero) is 1. The van der Waals surface area contributed by atoms with Crippen LogP contribution >= 0.6 is 15.9 Å². The van der Waals surface area contributed by atoms with E-state index in [0.717, 1.165) is 6.42 Å². The van der Waals surface area contributed by atoms with Gasteiger partial charge in [-0.15, -0.1) is 0 Å². The Labute approximate surface area is 70.3 Å². The predicted octanol–water partition coefficient (Wildman–Crippen LogP) is 2.39. The first-order valence-electron chi connectivity index (χ1n) is 3.80. The molecule has 0 bridgehead atoms. The molecular formula is C8H13BrO. The lowest BCUT2D eigenvalue weighted by Crippen LogP contribution is -2.32. The summed E-state index contributed by atoms with van der Waals surface area (Å²) in [5.41, 5.74) is 0. The van der Waals surface area contributed by atoms with Crippen LogP contribution in [0.5, 0.6) is 0 Å². The summed E-state index contributed by atoms with van der Waals surface area (Å²) in [6.07, 6.45) is 2.20. The van der Waals surface area contributed by atoms with E-state index in [1.165, 1.54) is 6.42 Å². The molecule has 0 aromatic heterocycles. The lowest BCUT2D eigenvalue weighted by Gasteiger charge is -2.27. The third-order valence-electron chi connectivity index (χ3n) is 2.49. The van der Waals surface area contributed by atoms with E-state index in [1.807, 2.05) is 6.92 Å². The molecule has 1 aliphatic rings. The van der Waals surface area contributed by atoms with E-state index < -0.39 is 0 Å². The summed E-state index contributed by atoms with van der Waals surface area (Å²) in [5, 5.41) is 0. The highest BCUT2D eigenvalue weighted by Crippen LogP contribution is 2.30. The Balaban J connectivity index is 2.60. The van der Waals surface area contributed by atoms with Gasteiger partial charge in [-0.3, -0.25) is 4.79 Å². The highest BCUT2D eigenvalue weighted by molar-refractivity contribution is 9.10. The van der Waals surface area contributed by atoms with Crippen molar-refractivity contribution in [3.8, 4) is 0 Å². The molecule has 0 aliphatic heterocycles. The van der Waals surface area contributed by atoms with Gasteiger partial charge in [0.1, 0.15) is 5.78 Å². The average molecular weight is 205 g/mol. The highest BCUT2D eigenvalue weighted by Gasteiger charge is 2.30. The second-order valence-electron chi connectivity index (χ2n) is 3.21. The first-order valence-corrected chi connectivity index (χ1v) is 4.72. The molecule has 10 heavy (non-hydrogen) atoms. The summed E-state index contributed by atoms with van der Waals surface area (Å²) >= 11 is 3.37. The second kappa shape index (κ2) is 3.04. The number of hydrogen-bond donors (Lipinski definition) is 0. The van der Waals surface area contributed by atoms with Crippen LogP contribution in [0.1, 0.15) is 26.7 Å². The number of halogens is 1. The topological polar surface area (TPSA) is 17.1 Å². The van der Waals surface area contributed by atoms with E-state index in [-0.39, 0.29) is 10.7 Å². The minimum absolute atomic E-state index is 0.138. The minimum Gasteiger partial charge on any atom is -0.298 e. The van der Waals surface area contributed by atoms with Gasteiger partial charge < -0.3 is 0 Å². The SMILES string of the molecule is CC1C(=O)C(Br)CC[C@H]1C. The van der Waals surface area contributed by atoms with Crippen molar-refractivity contribution in [1.29, 1.82) is 0 Å². The number of hydrogen-bond acceptors (Lipinski definition) is 1. The first-order chi connectivity index (χ1) is 4.63. The van der Waals surface area contributed by atoms with Crippen LogP contribution in [-0.4, -0.2) is 10.6 Å². The molecule has 0 aromatic carbocycles. The summed E-state index contributed by atoms with van der Waals surface area (Å²) < 4.78 is 0. The Morgan fingerprint density at radius 2 is 2.00 bits per heavy atom. The largest absolute Gasteiger partial charge is 0.298 e. The van der Waals surface area contributed by atoms with Gasteiger partial charge >= 0.3 is 0 Å². The van der Waals surface area contributed by atoms with Crippen molar-refractivity contribution >= 4 is 21.7 Å². The van der Waals surface area contributed by atoms with Gasteiger partial charge in [0, 0.05) is 5.92 Å². The van der Waals surface area contributed by atoms with E-state index in [2.05, 4.69) is 22.9 Å². The van der Waals surface area contributed by atoms with Crippen LogP contribution in [0.3, 0.4) is 0 Å². The fraction of sp³-hybridized carbons (Fsp3) is 0.875. The van der Waals surface area contributed by atoms with Crippen LogP contribution in [0.2, 0.25) is 0 Å². The van der Waals surface area contributed by atoms with Crippen LogP contribution in [0.4, 0.5) is 0 Å². The zero-order valence-corrected chi connectivity index (χ0v) is 8.02. The van der Waals surface area contributed by atoms with Gasteiger partial charge in [0.25, 0.3) is 0 Å². The molecule has 1 rings (SSSR count). The molecule has 2 heteroatoms. The Kier molecular flexibility index (Phi) is 2.50. The third-order valence-corrected chi connectivity index (χ3v) is 3.40. The third kappa shape index (κ3) is 1.42. The number of rotatable bonds is 0. The van der Waals surface area contributed by atoms with Gasteiger partial charge in [0.2, 0.25) is 0 Å². The Bertz CT molecular complexity index is 144. The Hall–Kier alpha value is 0.150. The lowest BCUT2D eigenvalue weighted by atomic mass is 9.81. The van der Waals surface area contributed by atoms with Crippen molar-refractivity contribution in [3.63, 3.8) is 0 Å². The molecule has 0 heterocycles. The maximum Gasteiger partial charge on any atom is 0.149 e. The number of alkyl halides is 1. The lowest BCUT2D eigenvalue weighted by molar-refractivity contribution is -0.124. The summed E-state index contributed by atoms with van der Waals surface area (Å²) in [4.78, 5) is 11.4. The van der Waals surface area contributed by atoms with Crippen LogP contribution in [0.25, 0.3) is 0 Å². The van der Waals surface area contributed by atoms with Gasteiger partial charge in [0.15, 0.2) is 0 Å². The maximum absolute atomic E-state index is 11.3. The van der Waals surface area contributed by atoms with E-state index in [9.17, 15) is 4.79 Å². The van der Waals surface area contributed by atoms with Gasteiger partial charge in [-0.25, -0.2) is 0 Å². The molecule has 0 spiro atoms. The summed E-state index contributed by atoms with van der Waals surface area (Å²) in [7, 11) is 0. The number of carbonyl (C=O) groups is 1. The Morgan fingerprint density at radius 1 is 1.40 bits per heavy atom. The van der Waals surface area contributed by atoms with Crippen molar-refractivity contribution in [1.82, 2.24) is 0 Å². The van der Waals surface area contributed by atoms with Crippen molar-refractivity contribution in [2.45, 2.75) is 31.5 Å². The van der Waals surface area contributed by atoms with Crippen LogP contribution < -0.4 is 0 Å². The molecule has 0 N–H and O–H groups in total. The van der Waals surface area contributed by atoms with Gasteiger partial charge in [-0.2, -0.15) is 0 Å². The van der Waals surface area contributed by atoms with Crippen molar-refractivity contribution in [3.05, 3.63) is 0 Å². The molecule has 3 atom stereocenters. The minimum atomic E-state index is 0.138. The first kappa shape index (κ1) is 8.25. The smallest absolute Gasteiger partial charge is 0.149 e. The number of ketones is 1. The maximum atomic E-state index is 11.3. The molecule has 1 saturated carbocycles. The quantitative estimate of drug-likeness (QED) is 0.555. The normalized spacial score (nSPS) is 41.9. The zero-order chi connectivity index (χ0) is 7.72. The van der Waals surface area contributed by atoms with Crippen molar-refractivity contribution < 1.29 is 4.79 Å². The highest BCUT2D eigenvalue weighted by atomic mass is 79.9. The van der Waals surface area contributed by atoms with Gasteiger partial charge in [0.05, 0.1) is 4.83 Å². The monoisotopic (exact) mass is 204 g/mol. The van der Waals surface area contributed by atoms with Crippen LogP contribution in [-0.2, 0) is 4.79 Å². The summed E-state index contributed by atoms with van der Waals surface area (Å²) in [6.45, 7) is 4.18. The molecular weight excluding hydrogens is 192 g/mol. The molecule has 0 saturated heterocycles. The molecule has 0 amide bonds. The van der Waals surface area contributed by atoms with Gasteiger partial charge in [-0.1, -0.05) is 29.8 Å². The molecule has 1 fully saturated rings. The van der Waals surface area contributed by atoms with E-state index in [4.69, 9.17) is 0 Å². The standard InChI is InChI=1S/C8H13BrO/c1-5-3-4-7(9)8(10)6(5)2/h5-7H,3-4H2,1-2H3/t5-,6?,7?/m1/s1. The van der Waals surface area contributed by atoms with Gasteiger partial charge in [-0.05, 0) is 18.8 Å².